The van der Waals surface area contributed by atoms with Crippen LogP contribution in [0.5, 0.6) is 5.75 Å². The molecule has 0 unspecified atom stereocenters. The van der Waals surface area contributed by atoms with Crippen molar-refractivity contribution in [2.45, 2.75) is 26.3 Å². The Morgan fingerprint density at radius 3 is 2.39 bits per heavy atom. The van der Waals surface area contributed by atoms with Crippen LogP contribution >= 0.6 is 0 Å². The minimum Gasteiger partial charge on any atom is -0.497 e. The molecule has 33 heavy (non-hydrogen) atoms. The van der Waals surface area contributed by atoms with Crippen LogP contribution in [-0.4, -0.2) is 60.5 Å². The molecule has 1 N–H and O–H groups in total. The number of nitrogens with one attached hydrogen (secondary N) is 1. The zero-order valence-corrected chi connectivity index (χ0v) is 19.4. The fourth-order valence-corrected chi connectivity index (χ4v) is 3.97. The third kappa shape index (κ3) is 6.43. The van der Waals surface area contributed by atoms with E-state index in [-0.39, 0.29) is 5.91 Å². The summed E-state index contributed by atoms with van der Waals surface area (Å²) in [5.41, 5.74) is 3.00. The second-order valence-corrected chi connectivity index (χ2v) is 8.30. The number of methoxy groups -OCH3 is 1. The number of benzene rings is 2. The van der Waals surface area contributed by atoms with Gasteiger partial charge in [0.05, 0.1) is 13.3 Å². The van der Waals surface area contributed by atoms with E-state index in [0.717, 1.165) is 56.3 Å². The number of oxazole rings is 1. The number of hydrogen-bond acceptors (Lipinski definition) is 6. The second-order valence-electron chi connectivity index (χ2n) is 8.30. The van der Waals surface area contributed by atoms with E-state index < -0.39 is 0 Å². The molecule has 0 atom stereocenters. The third-order valence-electron chi connectivity index (χ3n) is 6.05. The normalized spacial score (nSPS) is 14.8. The Bertz CT molecular complexity index is 1020. The number of aryl methyl sites for hydroxylation is 1. The molecule has 4 rings (SSSR count). The summed E-state index contributed by atoms with van der Waals surface area (Å²) < 4.78 is 11.0. The number of carbonyl (C=O) groups excluding carboxylic acids is 1. The SMILES string of the molecule is CCN1CCN(Cc2ccc(NC(=O)CCc3ncc(-c4ccc(OC)cc4)o3)cc2)CC1. The first-order chi connectivity index (χ1) is 16.1. The fourth-order valence-electron chi connectivity index (χ4n) is 3.97. The Kier molecular flexibility index (Phi) is 7.75. The molecule has 2 aromatic carbocycles. The molecule has 7 nitrogen and oxygen atoms in total. The van der Waals surface area contributed by atoms with Gasteiger partial charge in [-0.3, -0.25) is 9.69 Å². The molecule has 1 aliphatic rings. The molecule has 2 heterocycles. The van der Waals surface area contributed by atoms with Gasteiger partial charge in [-0.05, 0) is 48.5 Å². The monoisotopic (exact) mass is 448 g/mol. The van der Waals surface area contributed by atoms with Crippen molar-refractivity contribution in [1.82, 2.24) is 14.8 Å². The van der Waals surface area contributed by atoms with Crippen LogP contribution in [0.15, 0.2) is 59.1 Å². The highest BCUT2D eigenvalue weighted by molar-refractivity contribution is 5.90. The molecule has 174 valence electrons. The van der Waals surface area contributed by atoms with Crippen molar-refractivity contribution < 1.29 is 13.9 Å². The lowest BCUT2D eigenvalue weighted by Crippen LogP contribution is -2.45. The van der Waals surface area contributed by atoms with E-state index in [9.17, 15) is 4.79 Å². The molecule has 0 aliphatic carbocycles. The van der Waals surface area contributed by atoms with Crippen LogP contribution in [0.1, 0.15) is 24.8 Å². The van der Waals surface area contributed by atoms with Crippen LogP contribution < -0.4 is 10.1 Å². The minimum absolute atomic E-state index is 0.0531. The largest absolute Gasteiger partial charge is 0.497 e. The van der Waals surface area contributed by atoms with E-state index in [1.54, 1.807) is 13.3 Å². The molecule has 1 saturated heterocycles. The van der Waals surface area contributed by atoms with Gasteiger partial charge in [-0.2, -0.15) is 0 Å². The number of anilines is 1. The fraction of sp³-hybridized carbons (Fsp3) is 0.385. The Morgan fingerprint density at radius 1 is 1.03 bits per heavy atom. The highest BCUT2D eigenvalue weighted by atomic mass is 16.5. The third-order valence-corrected chi connectivity index (χ3v) is 6.05. The average Bonchev–Trinajstić information content (AvgIpc) is 3.34. The molecule has 1 aromatic heterocycles. The molecule has 7 heteroatoms. The molecular formula is C26H32N4O3. The van der Waals surface area contributed by atoms with E-state index in [0.29, 0.717) is 24.5 Å². The molecule has 0 saturated carbocycles. The van der Waals surface area contributed by atoms with Gasteiger partial charge in [0.2, 0.25) is 5.91 Å². The highest BCUT2D eigenvalue weighted by Gasteiger charge is 2.15. The van der Waals surface area contributed by atoms with Crippen molar-refractivity contribution in [3.8, 4) is 17.1 Å². The van der Waals surface area contributed by atoms with Crippen molar-refractivity contribution >= 4 is 11.6 Å². The lowest BCUT2D eigenvalue weighted by molar-refractivity contribution is -0.116. The number of aromatic nitrogens is 1. The summed E-state index contributed by atoms with van der Waals surface area (Å²) in [6.45, 7) is 8.77. The molecular weight excluding hydrogens is 416 g/mol. The van der Waals surface area contributed by atoms with Gasteiger partial charge in [-0.15, -0.1) is 0 Å². The van der Waals surface area contributed by atoms with Gasteiger partial charge in [0.25, 0.3) is 0 Å². The summed E-state index contributed by atoms with van der Waals surface area (Å²) >= 11 is 0. The van der Waals surface area contributed by atoms with Gasteiger partial charge < -0.3 is 19.4 Å². The molecule has 3 aromatic rings. The predicted octanol–water partition coefficient (Wildman–Crippen LogP) is 4.06. The van der Waals surface area contributed by atoms with Crippen LogP contribution in [0.4, 0.5) is 5.69 Å². The van der Waals surface area contributed by atoms with Gasteiger partial charge >= 0.3 is 0 Å². The topological polar surface area (TPSA) is 70.8 Å². The van der Waals surface area contributed by atoms with Gasteiger partial charge in [0, 0.05) is 56.8 Å². The van der Waals surface area contributed by atoms with Crippen molar-refractivity contribution in [1.29, 1.82) is 0 Å². The van der Waals surface area contributed by atoms with Gasteiger partial charge in [0.15, 0.2) is 11.7 Å². The van der Waals surface area contributed by atoms with Crippen molar-refractivity contribution in [3.63, 3.8) is 0 Å². The number of likely N-dealkylation sites (N-methyl/N-ethyl adjacent to an activating group) is 1. The predicted molar refractivity (Wildman–Crippen MR) is 129 cm³/mol. The number of nitrogens with zero attached hydrogens (tertiary/aromatic N) is 3. The van der Waals surface area contributed by atoms with E-state index >= 15 is 0 Å². The zero-order chi connectivity index (χ0) is 23.0. The average molecular weight is 449 g/mol. The summed E-state index contributed by atoms with van der Waals surface area (Å²) in [7, 11) is 1.64. The van der Waals surface area contributed by atoms with Crippen LogP contribution in [0.2, 0.25) is 0 Å². The van der Waals surface area contributed by atoms with Crippen molar-refractivity contribution in [2.75, 3.05) is 45.2 Å². The Morgan fingerprint density at radius 2 is 1.73 bits per heavy atom. The van der Waals surface area contributed by atoms with Crippen LogP contribution in [0, 0.1) is 0 Å². The van der Waals surface area contributed by atoms with Crippen LogP contribution in [-0.2, 0) is 17.8 Å². The Labute approximate surface area is 195 Å². The van der Waals surface area contributed by atoms with Gasteiger partial charge in [-0.25, -0.2) is 4.98 Å². The molecule has 1 amide bonds. The van der Waals surface area contributed by atoms with E-state index in [1.807, 2.05) is 36.4 Å². The van der Waals surface area contributed by atoms with Crippen molar-refractivity contribution in [2.24, 2.45) is 0 Å². The van der Waals surface area contributed by atoms with Crippen LogP contribution in [0.25, 0.3) is 11.3 Å². The first-order valence-corrected chi connectivity index (χ1v) is 11.6. The molecule has 0 bridgehead atoms. The summed E-state index contributed by atoms with van der Waals surface area (Å²) in [4.78, 5) is 21.7. The smallest absolute Gasteiger partial charge is 0.224 e. The summed E-state index contributed by atoms with van der Waals surface area (Å²) in [5.74, 6) is 1.97. The number of amides is 1. The first kappa shape index (κ1) is 23.0. The highest BCUT2D eigenvalue weighted by Crippen LogP contribution is 2.23. The van der Waals surface area contributed by atoms with Crippen LogP contribution in [0.3, 0.4) is 0 Å². The lowest BCUT2D eigenvalue weighted by Gasteiger charge is -2.34. The molecule has 0 radical (unpaired) electrons. The standard InChI is InChI=1S/C26H32N4O3/c1-3-29-14-16-30(17-15-29)19-20-4-8-22(9-5-20)28-25(31)12-13-26-27-18-24(33-26)21-6-10-23(32-2)11-7-21/h4-11,18H,3,12-17,19H2,1-2H3,(H,28,31). The summed E-state index contributed by atoms with van der Waals surface area (Å²) in [5, 5.41) is 2.97. The maximum absolute atomic E-state index is 12.4. The van der Waals surface area contributed by atoms with E-state index in [2.05, 4.69) is 39.2 Å². The quantitative estimate of drug-likeness (QED) is 0.532. The number of ether oxygens (including phenoxy) is 1. The zero-order valence-electron chi connectivity index (χ0n) is 19.4. The number of carbonyl (C=O) groups is 1. The lowest BCUT2D eigenvalue weighted by atomic mass is 10.1. The molecule has 1 fully saturated rings. The number of hydrogen-bond donors (Lipinski definition) is 1. The number of piperazine rings is 1. The number of rotatable bonds is 9. The van der Waals surface area contributed by atoms with E-state index in [4.69, 9.17) is 9.15 Å². The summed E-state index contributed by atoms with van der Waals surface area (Å²) in [6, 6.07) is 15.7. The summed E-state index contributed by atoms with van der Waals surface area (Å²) in [6.07, 6.45) is 2.45. The first-order valence-electron chi connectivity index (χ1n) is 11.6. The maximum Gasteiger partial charge on any atom is 0.224 e. The Hall–Kier alpha value is -3.16. The minimum atomic E-state index is -0.0531. The Balaban J connectivity index is 1.22. The van der Waals surface area contributed by atoms with Gasteiger partial charge in [0.1, 0.15) is 5.75 Å². The molecule has 1 aliphatic heterocycles. The molecule has 0 spiro atoms. The maximum atomic E-state index is 12.4. The van der Waals surface area contributed by atoms with Gasteiger partial charge in [-0.1, -0.05) is 19.1 Å². The second kappa shape index (κ2) is 11.1. The van der Waals surface area contributed by atoms with Crippen molar-refractivity contribution in [3.05, 3.63) is 66.2 Å². The van der Waals surface area contributed by atoms with E-state index in [1.165, 1.54) is 5.56 Å².